The van der Waals surface area contributed by atoms with Crippen LogP contribution < -0.4 is 10.2 Å². The Hall–Kier alpha value is -2.30. The second kappa shape index (κ2) is 5.60. The molecule has 1 amide bonds. The van der Waals surface area contributed by atoms with Gasteiger partial charge < -0.3 is 10.2 Å². The normalized spacial score (nSPS) is 15.1. The maximum absolute atomic E-state index is 12.0. The number of anilines is 3. The summed E-state index contributed by atoms with van der Waals surface area (Å²) in [6.45, 7) is 2.87. The van der Waals surface area contributed by atoms with E-state index < -0.39 is 0 Å². The molecule has 0 bridgehead atoms. The largest absolute Gasteiger partial charge is 0.325 e. The fourth-order valence-electron chi connectivity index (χ4n) is 2.82. The topological polar surface area (TPSA) is 50.2 Å². The summed E-state index contributed by atoms with van der Waals surface area (Å²) in [4.78, 5) is 14.2. The van der Waals surface area contributed by atoms with Crippen LogP contribution in [0.15, 0.2) is 30.3 Å². The predicted molar refractivity (Wildman–Crippen MR) is 83.9 cm³/mol. The molecule has 5 nitrogen and oxygen atoms in total. The fraction of sp³-hybridized carbons (Fsp3) is 0.375. The zero-order valence-electron chi connectivity index (χ0n) is 12.5. The number of nitrogens with zero attached hydrogens (tertiary/aromatic N) is 3. The third kappa shape index (κ3) is 2.51. The first-order valence-corrected chi connectivity index (χ1v) is 7.39. The molecule has 110 valence electrons. The maximum Gasteiger partial charge on any atom is 0.224 e. The molecule has 5 heteroatoms. The van der Waals surface area contributed by atoms with Crippen molar-refractivity contribution in [1.29, 1.82) is 0 Å². The Bertz CT molecular complexity index is 648. The molecule has 1 N–H and O–H groups in total. The van der Waals surface area contributed by atoms with E-state index in [1.807, 2.05) is 29.9 Å². The van der Waals surface area contributed by atoms with Crippen LogP contribution in [0.1, 0.15) is 25.5 Å². The van der Waals surface area contributed by atoms with Gasteiger partial charge in [-0.2, -0.15) is 5.10 Å². The standard InChI is InChI=1S/C16H20N4O/c1-3-13-15-16(19(2)18-13)20(11-7-10-14(21)17-15)12-8-5-4-6-9-12/h4-6,8-9H,3,7,10-11H2,1-2H3,(H,17,21). The number of amides is 1. The van der Waals surface area contributed by atoms with Gasteiger partial charge in [-0.05, 0) is 25.0 Å². The first kappa shape index (κ1) is 13.7. The van der Waals surface area contributed by atoms with Gasteiger partial charge in [0.25, 0.3) is 0 Å². The van der Waals surface area contributed by atoms with Crippen LogP contribution in [0.4, 0.5) is 17.2 Å². The highest BCUT2D eigenvalue weighted by Gasteiger charge is 2.25. The number of aryl methyl sites for hydroxylation is 2. The van der Waals surface area contributed by atoms with E-state index in [9.17, 15) is 4.79 Å². The van der Waals surface area contributed by atoms with Crippen molar-refractivity contribution in [1.82, 2.24) is 9.78 Å². The molecular formula is C16H20N4O. The van der Waals surface area contributed by atoms with Crippen LogP contribution in [0.25, 0.3) is 0 Å². The van der Waals surface area contributed by atoms with Gasteiger partial charge in [-0.3, -0.25) is 9.48 Å². The molecule has 0 saturated carbocycles. The van der Waals surface area contributed by atoms with Crippen LogP contribution in [0.2, 0.25) is 0 Å². The summed E-state index contributed by atoms with van der Waals surface area (Å²) in [7, 11) is 1.93. The molecule has 1 aliphatic heterocycles. The zero-order chi connectivity index (χ0) is 14.8. The second-order valence-electron chi connectivity index (χ2n) is 5.26. The quantitative estimate of drug-likeness (QED) is 0.922. The van der Waals surface area contributed by atoms with Gasteiger partial charge in [-0.15, -0.1) is 0 Å². The Morgan fingerprint density at radius 3 is 2.76 bits per heavy atom. The van der Waals surface area contributed by atoms with Crippen LogP contribution in [0.5, 0.6) is 0 Å². The Morgan fingerprint density at radius 2 is 2.05 bits per heavy atom. The minimum atomic E-state index is 0.0756. The Balaban J connectivity index is 2.13. The average Bonchev–Trinajstić information content (AvgIpc) is 2.78. The van der Waals surface area contributed by atoms with Gasteiger partial charge in [0.15, 0.2) is 5.82 Å². The van der Waals surface area contributed by atoms with Crippen molar-refractivity contribution in [3.05, 3.63) is 36.0 Å². The Kier molecular flexibility index (Phi) is 3.64. The Morgan fingerprint density at radius 1 is 1.29 bits per heavy atom. The van der Waals surface area contributed by atoms with E-state index >= 15 is 0 Å². The summed E-state index contributed by atoms with van der Waals surface area (Å²) < 4.78 is 1.87. The van der Waals surface area contributed by atoms with Crippen LogP contribution >= 0.6 is 0 Å². The Labute approximate surface area is 124 Å². The van der Waals surface area contributed by atoms with Gasteiger partial charge >= 0.3 is 0 Å². The van der Waals surface area contributed by atoms with Crippen LogP contribution in [0.3, 0.4) is 0 Å². The summed E-state index contributed by atoms with van der Waals surface area (Å²) >= 11 is 0. The number of benzene rings is 1. The lowest BCUT2D eigenvalue weighted by Crippen LogP contribution is -2.27. The third-order valence-electron chi connectivity index (χ3n) is 3.80. The fourth-order valence-corrected chi connectivity index (χ4v) is 2.82. The minimum Gasteiger partial charge on any atom is -0.325 e. The second-order valence-corrected chi connectivity index (χ2v) is 5.26. The zero-order valence-corrected chi connectivity index (χ0v) is 12.5. The number of fused-ring (bicyclic) bond motifs is 1. The SMILES string of the molecule is CCc1nn(C)c2c1NC(=O)CCCN2c1ccccc1. The molecule has 21 heavy (non-hydrogen) atoms. The molecule has 0 spiro atoms. The lowest BCUT2D eigenvalue weighted by molar-refractivity contribution is -0.116. The van der Waals surface area contributed by atoms with Crippen LogP contribution in [-0.2, 0) is 18.3 Å². The van der Waals surface area contributed by atoms with E-state index in [1.54, 1.807) is 0 Å². The molecule has 1 aliphatic rings. The van der Waals surface area contributed by atoms with Gasteiger partial charge in [-0.25, -0.2) is 0 Å². The van der Waals surface area contributed by atoms with E-state index in [0.29, 0.717) is 6.42 Å². The molecule has 2 heterocycles. The average molecular weight is 284 g/mol. The third-order valence-corrected chi connectivity index (χ3v) is 3.80. The van der Waals surface area contributed by atoms with Gasteiger partial charge in [0.05, 0.1) is 5.69 Å². The summed E-state index contributed by atoms with van der Waals surface area (Å²) in [6.07, 6.45) is 2.17. The molecule has 0 fully saturated rings. The maximum atomic E-state index is 12.0. The molecule has 0 atom stereocenters. The van der Waals surface area contributed by atoms with E-state index in [0.717, 1.165) is 42.3 Å². The van der Waals surface area contributed by atoms with Crippen molar-refractivity contribution in [2.45, 2.75) is 26.2 Å². The van der Waals surface area contributed by atoms with E-state index in [-0.39, 0.29) is 5.91 Å². The number of carbonyl (C=O) groups excluding carboxylic acids is 1. The number of rotatable bonds is 2. The first-order chi connectivity index (χ1) is 10.2. The van der Waals surface area contributed by atoms with Crippen LogP contribution in [0, 0.1) is 0 Å². The summed E-state index contributed by atoms with van der Waals surface area (Å²) in [6, 6.07) is 10.3. The number of hydrogen-bond acceptors (Lipinski definition) is 3. The lowest BCUT2D eigenvalue weighted by Gasteiger charge is -2.28. The number of aromatic nitrogens is 2. The number of nitrogens with one attached hydrogen (secondary N) is 1. The van der Waals surface area contributed by atoms with Crippen molar-refractivity contribution in [3.63, 3.8) is 0 Å². The summed E-state index contributed by atoms with van der Waals surface area (Å²) in [5, 5.41) is 7.60. The molecule has 3 rings (SSSR count). The van der Waals surface area contributed by atoms with Gasteiger partial charge in [0, 0.05) is 25.7 Å². The van der Waals surface area contributed by atoms with Crippen molar-refractivity contribution >= 4 is 23.1 Å². The van der Waals surface area contributed by atoms with E-state index in [4.69, 9.17) is 0 Å². The van der Waals surface area contributed by atoms with Crippen molar-refractivity contribution in [2.75, 3.05) is 16.8 Å². The number of hydrogen-bond donors (Lipinski definition) is 1. The van der Waals surface area contributed by atoms with Crippen LogP contribution in [-0.4, -0.2) is 22.2 Å². The molecular weight excluding hydrogens is 264 g/mol. The highest BCUT2D eigenvalue weighted by molar-refractivity contribution is 5.96. The summed E-state index contributed by atoms with van der Waals surface area (Å²) in [5.41, 5.74) is 2.91. The van der Waals surface area contributed by atoms with E-state index in [1.165, 1.54) is 0 Å². The highest BCUT2D eigenvalue weighted by Crippen LogP contribution is 2.36. The van der Waals surface area contributed by atoms with Crippen molar-refractivity contribution in [3.8, 4) is 0 Å². The van der Waals surface area contributed by atoms with Gasteiger partial charge in [-0.1, -0.05) is 25.1 Å². The molecule has 0 saturated heterocycles. The summed E-state index contributed by atoms with van der Waals surface area (Å²) in [5.74, 6) is 1.04. The number of carbonyl (C=O) groups is 1. The first-order valence-electron chi connectivity index (χ1n) is 7.39. The predicted octanol–water partition coefficient (Wildman–Crippen LogP) is 2.85. The monoisotopic (exact) mass is 284 g/mol. The van der Waals surface area contributed by atoms with Gasteiger partial charge in [0.1, 0.15) is 5.69 Å². The van der Waals surface area contributed by atoms with Crippen molar-refractivity contribution in [2.24, 2.45) is 7.05 Å². The minimum absolute atomic E-state index is 0.0756. The molecule has 0 radical (unpaired) electrons. The van der Waals surface area contributed by atoms with Gasteiger partial charge in [0.2, 0.25) is 5.91 Å². The highest BCUT2D eigenvalue weighted by atomic mass is 16.1. The molecule has 1 aromatic carbocycles. The smallest absolute Gasteiger partial charge is 0.224 e. The van der Waals surface area contributed by atoms with Crippen molar-refractivity contribution < 1.29 is 4.79 Å². The molecule has 1 aromatic heterocycles. The van der Waals surface area contributed by atoms with E-state index in [2.05, 4.69) is 34.4 Å². The number of para-hydroxylation sites is 1. The molecule has 2 aromatic rings. The lowest BCUT2D eigenvalue weighted by atomic mass is 10.1. The molecule has 0 unspecified atom stereocenters. The molecule has 0 aliphatic carbocycles.